The van der Waals surface area contributed by atoms with Gasteiger partial charge < -0.3 is 10.1 Å². The molecular weight excluding hydrogens is 242 g/mol. The SMILES string of the molecule is CCOC1CC(Nc2cnn(C)c(=O)c2Cl)C1. The minimum absolute atomic E-state index is 0.197. The Balaban J connectivity index is 1.97. The Labute approximate surface area is 105 Å². The predicted octanol–water partition coefficient (Wildman–Crippen LogP) is 1.41. The van der Waals surface area contributed by atoms with Crippen LogP contribution >= 0.6 is 11.6 Å². The van der Waals surface area contributed by atoms with Crippen LogP contribution in [-0.4, -0.2) is 28.5 Å². The maximum Gasteiger partial charge on any atom is 0.287 e. The van der Waals surface area contributed by atoms with Crippen molar-refractivity contribution in [1.29, 1.82) is 0 Å². The van der Waals surface area contributed by atoms with Gasteiger partial charge in [-0.3, -0.25) is 4.79 Å². The Morgan fingerprint density at radius 2 is 2.35 bits per heavy atom. The molecule has 1 saturated carbocycles. The van der Waals surface area contributed by atoms with Crippen LogP contribution in [0.5, 0.6) is 0 Å². The van der Waals surface area contributed by atoms with Crippen molar-refractivity contribution in [1.82, 2.24) is 9.78 Å². The molecule has 6 heteroatoms. The van der Waals surface area contributed by atoms with E-state index in [0.29, 0.717) is 17.8 Å². The molecule has 17 heavy (non-hydrogen) atoms. The molecule has 0 unspecified atom stereocenters. The Bertz CT molecular complexity index is 455. The number of ether oxygens (including phenoxy) is 1. The van der Waals surface area contributed by atoms with Gasteiger partial charge in [-0.2, -0.15) is 5.10 Å². The third kappa shape index (κ3) is 2.61. The summed E-state index contributed by atoms with van der Waals surface area (Å²) in [7, 11) is 1.58. The molecule has 1 N–H and O–H groups in total. The summed E-state index contributed by atoms with van der Waals surface area (Å²) in [6, 6.07) is 0.318. The monoisotopic (exact) mass is 257 g/mol. The lowest BCUT2D eigenvalue weighted by Crippen LogP contribution is -2.41. The summed E-state index contributed by atoms with van der Waals surface area (Å²) in [5.74, 6) is 0. The zero-order valence-electron chi connectivity index (χ0n) is 9.94. The molecule has 0 amide bonds. The summed E-state index contributed by atoms with van der Waals surface area (Å²) in [5, 5.41) is 7.34. The average molecular weight is 258 g/mol. The number of anilines is 1. The molecule has 0 spiro atoms. The van der Waals surface area contributed by atoms with Gasteiger partial charge in [0.2, 0.25) is 0 Å². The Kier molecular flexibility index (Phi) is 3.69. The molecule has 1 aromatic heterocycles. The van der Waals surface area contributed by atoms with Gasteiger partial charge in [0.25, 0.3) is 5.56 Å². The van der Waals surface area contributed by atoms with Gasteiger partial charge in [0, 0.05) is 19.7 Å². The lowest BCUT2D eigenvalue weighted by atomic mass is 9.89. The van der Waals surface area contributed by atoms with Gasteiger partial charge in [0.1, 0.15) is 5.02 Å². The number of aromatic nitrogens is 2. The standard InChI is InChI=1S/C11H16ClN3O2/c1-3-17-8-4-7(5-8)14-9-6-13-15(2)11(16)10(9)12/h6-8,14H,3-5H2,1-2H3. The summed E-state index contributed by atoms with van der Waals surface area (Å²) >= 11 is 5.95. The molecule has 1 fully saturated rings. The van der Waals surface area contributed by atoms with Crippen LogP contribution in [0.3, 0.4) is 0 Å². The van der Waals surface area contributed by atoms with Crippen molar-refractivity contribution in [3.8, 4) is 0 Å². The zero-order chi connectivity index (χ0) is 12.4. The molecule has 1 aliphatic rings. The molecule has 5 nitrogen and oxygen atoms in total. The summed E-state index contributed by atoms with van der Waals surface area (Å²) in [4.78, 5) is 11.5. The minimum atomic E-state index is -0.280. The molecular formula is C11H16ClN3O2. The fourth-order valence-electron chi connectivity index (χ4n) is 1.89. The van der Waals surface area contributed by atoms with E-state index in [-0.39, 0.29) is 10.6 Å². The highest BCUT2D eigenvalue weighted by Crippen LogP contribution is 2.28. The van der Waals surface area contributed by atoms with Crippen molar-refractivity contribution in [3.05, 3.63) is 21.6 Å². The molecule has 0 saturated heterocycles. The Hall–Kier alpha value is -1.07. The largest absolute Gasteiger partial charge is 0.379 e. The fraction of sp³-hybridized carbons (Fsp3) is 0.636. The minimum Gasteiger partial charge on any atom is -0.379 e. The first kappa shape index (κ1) is 12.4. The quantitative estimate of drug-likeness (QED) is 0.886. The molecule has 1 heterocycles. The first-order chi connectivity index (χ1) is 8.11. The van der Waals surface area contributed by atoms with E-state index in [0.717, 1.165) is 19.4 Å². The summed E-state index contributed by atoms with van der Waals surface area (Å²) in [6.07, 6.45) is 3.80. The van der Waals surface area contributed by atoms with Crippen LogP contribution < -0.4 is 10.9 Å². The zero-order valence-corrected chi connectivity index (χ0v) is 10.7. The first-order valence-corrected chi connectivity index (χ1v) is 6.09. The lowest BCUT2D eigenvalue weighted by Gasteiger charge is -2.36. The maximum atomic E-state index is 11.5. The van der Waals surface area contributed by atoms with E-state index in [1.807, 2.05) is 6.92 Å². The van der Waals surface area contributed by atoms with Gasteiger partial charge in [0.15, 0.2) is 0 Å². The van der Waals surface area contributed by atoms with Gasteiger partial charge in [-0.15, -0.1) is 0 Å². The highest BCUT2D eigenvalue weighted by Gasteiger charge is 2.30. The van der Waals surface area contributed by atoms with Gasteiger partial charge in [0.05, 0.1) is 18.0 Å². The molecule has 0 aliphatic heterocycles. The van der Waals surface area contributed by atoms with Crippen LogP contribution in [0.2, 0.25) is 5.02 Å². The number of rotatable bonds is 4. The van der Waals surface area contributed by atoms with E-state index in [1.165, 1.54) is 4.68 Å². The number of nitrogens with one attached hydrogen (secondary N) is 1. The molecule has 0 atom stereocenters. The van der Waals surface area contributed by atoms with E-state index < -0.39 is 0 Å². The Morgan fingerprint density at radius 1 is 1.65 bits per heavy atom. The second kappa shape index (κ2) is 5.06. The van der Waals surface area contributed by atoms with Crippen LogP contribution in [0.4, 0.5) is 5.69 Å². The van der Waals surface area contributed by atoms with Crippen molar-refractivity contribution in [2.24, 2.45) is 7.05 Å². The molecule has 0 bridgehead atoms. The highest BCUT2D eigenvalue weighted by atomic mass is 35.5. The molecule has 2 rings (SSSR count). The number of hydrogen-bond donors (Lipinski definition) is 1. The van der Waals surface area contributed by atoms with Crippen LogP contribution in [0.15, 0.2) is 11.0 Å². The summed E-state index contributed by atoms with van der Waals surface area (Å²) in [5.41, 5.74) is 0.326. The highest BCUT2D eigenvalue weighted by molar-refractivity contribution is 6.32. The normalized spacial score (nSPS) is 23.2. The number of hydrogen-bond acceptors (Lipinski definition) is 4. The van der Waals surface area contributed by atoms with Crippen molar-refractivity contribution in [2.45, 2.75) is 31.9 Å². The van der Waals surface area contributed by atoms with Crippen molar-refractivity contribution < 1.29 is 4.74 Å². The van der Waals surface area contributed by atoms with Crippen molar-refractivity contribution >= 4 is 17.3 Å². The second-order valence-corrected chi connectivity index (χ2v) is 4.57. The van der Waals surface area contributed by atoms with Crippen LogP contribution in [0.1, 0.15) is 19.8 Å². The van der Waals surface area contributed by atoms with Crippen LogP contribution in [-0.2, 0) is 11.8 Å². The third-order valence-electron chi connectivity index (χ3n) is 2.94. The van der Waals surface area contributed by atoms with Crippen LogP contribution in [0, 0.1) is 0 Å². The molecule has 0 aromatic carbocycles. The van der Waals surface area contributed by atoms with Crippen molar-refractivity contribution in [2.75, 3.05) is 11.9 Å². The van der Waals surface area contributed by atoms with Crippen LogP contribution in [0.25, 0.3) is 0 Å². The molecule has 0 radical (unpaired) electrons. The topological polar surface area (TPSA) is 56.1 Å². The van der Waals surface area contributed by atoms with Gasteiger partial charge in [-0.25, -0.2) is 4.68 Å². The Morgan fingerprint density at radius 3 is 3.00 bits per heavy atom. The summed E-state index contributed by atoms with van der Waals surface area (Å²) < 4.78 is 6.68. The van der Waals surface area contributed by atoms with E-state index in [4.69, 9.17) is 16.3 Å². The number of nitrogens with zero attached hydrogens (tertiary/aromatic N) is 2. The predicted molar refractivity (Wildman–Crippen MR) is 66.5 cm³/mol. The van der Waals surface area contributed by atoms with Gasteiger partial charge in [-0.05, 0) is 19.8 Å². The second-order valence-electron chi connectivity index (χ2n) is 4.19. The third-order valence-corrected chi connectivity index (χ3v) is 3.30. The smallest absolute Gasteiger partial charge is 0.287 e. The van der Waals surface area contributed by atoms with Crippen molar-refractivity contribution in [3.63, 3.8) is 0 Å². The number of aryl methyl sites for hydroxylation is 1. The number of halogens is 1. The van der Waals surface area contributed by atoms with E-state index in [2.05, 4.69) is 10.4 Å². The molecule has 1 aliphatic carbocycles. The summed E-state index contributed by atoms with van der Waals surface area (Å²) in [6.45, 7) is 2.73. The fourth-order valence-corrected chi connectivity index (χ4v) is 2.11. The van der Waals surface area contributed by atoms with Gasteiger partial charge in [-0.1, -0.05) is 11.6 Å². The first-order valence-electron chi connectivity index (χ1n) is 5.71. The average Bonchev–Trinajstić information content (AvgIpc) is 2.26. The lowest BCUT2D eigenvalue weighted by molar-refractivity contribution is 0.00298. The maximum absolute atomic E-state index is 11.5. The molecule has 94 valence electrons. The van der Waals surface area contributed by atoms with E-state index >= 15 is 0 Å². The van der Waals surface area contributed by atoms with Gasteiger partial charge >= 0.3 is 0 Å². The van der Waals surface area contributed by atoms with E-state index in [9.17, 15) is 4.79 Å². The molecule has 1 aromatic rings. The van der Waals surface area contributed by atoms with E-state index in [1.54, 1.807) is 13.2 Å².